The van der Waals surface area contributed by atoms with Crippen LogP contribution in [0.5, 0.6) is 0 Å². The highest BCUT2D eigenvalue weighted by atomic mass is 19.1. The average Bonchev–Trinajstić information content (AvgIpc) is 2.83. The first kappa shape index (κ1) is 14.1. The number of hydrogen-bond acceptors (Lipinski definition) is 2. The molecule has 1 N–H and O–H groups in total. The number of aryl methyl sites for hydroxylation is 1. The smallest absolute Gasteiger partial charge is 0.270 e. The van der Waals surface area contributed by atoms with E-state index in [-0.39, 0.29) is 11.7 Å². The van der Waals surface area contributed by atoms with Crippen molar-refractivity contribution in [3.8, 4) is 0 Å². The molecule has 1 aromatic heterocycles. The Kier molecular flexibility index (Phi) is 3.68. The second-order valence-corrected chi connectivity index (χ2v) is 5.54. The fourth-order valence-corrected chi connectivity index (χ4v) is 2.95. The minimum atomic E-state index is -0.292. The van der Waals surface area contributed by atoms with E-state index in [1.165, 1.54) is 12.1 Å². The van der Waals surface area contributed by atoms with E-state index in [1.54, 1.807) is 6.07 Å². The largest absolute Gasteiger partial charge is 0.350 e. The molecule has 0 saturated carbocycles. The SMILES string of the molecule is CCN1CCN(C(=O)c2[nH]c3cc(F)ccc3c2C)CC1. The van der Waals surface area contributed by atoms with Crippen molar-refractivity contribution in [3.05, 3.63) is 35.3 Å². The first-order chi connectivity index (χ1) is 10.1. The Morgan fingerprint density at radius 1 is 1.29 bits per heavy atom. The molecule has 1 aliphatic heterocycles. The van der Waals surface area contributed by atoms with Gasteiger partial charge in [0.25, 0.3) is 5.91 Å². The molecule has 112 valence electrons. The van der Waals surface area contributed by atoms with E-state index in [1.807, 2.05) is 11.8 Å². The van der Waals surface area contributed by atoms with Gasteiger partial charge in [-0.3, -0.25) is 4.79 Å². The zero-order valence-corrected chi connectivity index (χ0v) is 12.4. The van der Waals surface area contributed by atoms with E-state index < -0.39 is 0 Å². The number of carbonyl (C=O) groups is 1. The number of nitrogens with zero attached hydrogens (tertiary/aromatic N) is 2. The standard InChI is InChI=1S/C16H20FN3O/c1-3-19-6-8-20(9-7-19)16(21)15-11(2)13-5-4-12(17)10-14(13)18-15/h4-5,10,18H,3,6-9H2,1-2H3. The molecule has 1 aliphatic rings. The van der Waals surface area contributed by atoms with E-state index in [0.717, 1.165) is 43.7 Å². The summed E-state index contributed by atoms with van der Waals surface area (Å²) in [6.45, 7) is 8.38. The summed E-state index contributed by atoms with van der Waals surface area (Å²) in [5, 5.41) is 0.909. The van der Waals surface area contributed by atoms with Crippen molar-refractivity contribution >= 4 is 16.8 Å². The van der Waals surface area contributed by atoms with Gasteiger partial charge in [-0.1, -0.05) is 6.92 Å². The zero-order valence-electron chi connectivity index (χ0n) is 12.4. The first-order valence-electron chi connectivity index (χ1n) is 7.39. The number of nitrogens with one attached hydrogen (secondary N) is 1. The molecule has 3 rings (SSSR count). The predicted octanol–water partition coefficient (Wildman–Crippen LogP) is 2.39. The normalized spacial score (nSPS) is 16.6. The maximum absolute atomic E-state index is 13.3. The number of H-pyrrole nitrogens is 1. The van der Waals surface area contributed by atoms with E-state index >= 15 is 0 Å². The van der Waals surface area contributed by atoms with Gasteiger partial charge >= 0.3 is 0 Å². The summed E-state index contributed by atoms with van der Waals surface area (Å²) in [4.78, 5) is 19.9. The number of aromatic nitrogens is 1. The Morgan fingerprint density at radius 2 is 2.00 bits per heavy atom. The lowest BCUT2D eigenvalue weighted by atomic mass is 10.1. The summed E-state index contributed by atoms with van der Waals surface area (Å²) in [6, 6.07) is 4.59. The first-order valence-corrected chi connectivity index (χ1v) is 7.39. The number of amides is 1. The van der Waals surface area contributed by atoms with Crippen LogP contribution in [-0.2, 0) is 0 Å². The van der Waals surface area contributed by atoms with Gasteiger partial charge in [0, 0.05) is 37.1 Å². The molecule has 0 spiro atoms. The molecule has 1 aromatic carbocycles. The lowest BCUT2D eigenvalue weighted by Gasteiger charge is -2.33. The third-order valence-electron chi connectivity index (χ3n) is 4.34. The molecule has 2 aromatic rings. The Labute approximate surface area is 123 Å². The van der Waals surface area contributed by atoms with E-state index in [4.69, 9.17) is 0 Å². The highest BCUT2D eigenvalue weighted by Gasteiger charge is 2.24. The number of halogens is 1. The number of hydrogen-bond donors (Lipinski definition) is 1. The summed E-state index contributed by atoms with van der Waals surface area (Å²) in [5.41, 5.74) is 2.16. The van der Waals surface area contributed by atoms with Crippen molar-refractivity contribution < 1.29 is 9.18 Å². The number of fused-ring (bicyclic) bond motifs is 1. The van der Waals surface area contributed by atoms with Crippen molar-refractivity contribution in [2.45, 2.75) is 13.8 Å². The van der Waals surface area contributed by atoms with Crippen molar-refractivity contribution in [3.63, 3.8) is 0 Å². The minimum absolute atomic E-state index is 0.0138. The van der Waals surface area contributed by atoms with Gasteiger partial charge in [0.15, 0.2) is 0 Å². The van der Waals surface area contributed by atoms with Gasteiger partial charge in [-0.2, -0.15) is 0 Å². The van der Waals surface area contributed by atoms with E-state index in [2.05, 4.69) is 16.8 Å². The lowest BCUT2D eigenvalue weighted by Crippen LogP contribution is -2.48. The third-order valence-corrected chi connectivity index (χ3v) is 4.34. The molecule has 0 radical (unpaired) electrons. The molecule has 1 amide bonds. The molecule has 1 fully saturated rings. The number of aromatic amines is 1. The highest BCUT2D eigenvalue weighted by Crippen LogP contribution is 2.23. The van der Waals surface area contributed by atoms with Gasteiger partial charge in [0.1, 0.15) is 11.5 Å². The van der Waals surface area contributed by atoms with Gasteiger partial charge in [-0.05, 0) is 37.2 Å². The number of piperazine rings is 1. The molecule has 4 nitrogen and oxygen atoms in total. The van der Waals surface area contributed by atoms with E-state index in [0.29, 0.717) is 11.2 Å². The topological polar surface area (TPSA) is 39.3 Å². The fourth-order valence-electron chi connectivity index (χ4n) is 2.95. The quantitative estimate of drug-likeness (QED) is 0.922. The Hall–Kier alpha value is -1.88. The Bertz CT molecular complexity index is 671. The van der Waals surface area contributed by atoms with Crippen molar-refractivity contribution in [1.29, 1.82) is 0 Å². The number of rotatable bonds is 2. The predicted molar refractivity (Wildman–Crippen MR) is 81.0 cm³/mol. The third kappa shape index (κ3) is 2.53. The molecule has 0 aliphatic carbocycles. The zero-order chi connectivity index (χ0) is 15.0. The van der Waals surface area contributed by atoms with Crippen LogP contribution in [0.1, 0.15) is 23.0 Å². The number of benzene rings is 1. The fraction of sp³-hybridized carbons (Fsp3) is 0.438. The molecule has 0 bridgehead atoms. The molecule has 2 heterocycles. The molecule has 0 unspecified atom stereocenters. The molecule has 1 saturated heterocycles. The molecule has 5 heteroatoms. The average molecular weight is 289 g/mol. The van der Waals surface area contributed by atoms with Crippen LogP contribution < -0.4 is 0 Å². The van der Waals surface area contributed by atoms with Crippen LogP contribution in [0.25, 0.3) is 10.9 Å². The minimum Gasteiger partial charge on any atom is -0.350 e. The summed E-state index contributed by atoms with van der Waals surface area (Å²) in [6.07, 6.45) is 0. The summed E-state index contributed by atoms with van der Waals surface area (Å²) in [7, 11) is 0. The van der Waals surface area contributed by atoms with Crippen LogP contribution in [0.3, 0.4) is 0 Å². The summed E-state index contributed by atoms with van der Waals surface area (Å²) < 4.78 is 13.3. The van der Waals surface area contributed by atoms with Gasteiger partial charge in [-0.15, -0.1) is 0 Å². The van der Waals surface area contributed by atoms with Crippen LogP contribution in [0, 0.1) is 12.7 Å². The van der Waals surface area contributed by atoms with Crippen LogP contribution in [0.15, 0.2) is 18.2 Å². The molecular weight excluding hydrogens is 269 g/mol. The Morgan fingerprint density at radius 3 is 2.67 bits per heavy atom. The van der Waals surface area contributed by atoms with Crippen LogP contribution >= 0.6 is 0 Å². The van der Waals surface area contributed by atoms with Gasteiger partial charge < -0.3 is 14.8 Å². The second kappa shape index (κ2) is 5.48. The lowest BCUT2D eigenvalue weighted by molar-refractivity contribution is 0.0638. The van der Waals surface area contributed by atoms with Crippen molar-refractivity contribution in [2.75, 3.05) is 32.7 Å². The molecular formula is C16H20FN3O. The van der Waals surface area contributed by atoms with Gasteiger partial charge in [-0.25, -0.2) is 4.39 Å². The monoisotopic (exact) mass is 289 g/mol. The maximum atomic E-state index is 13.3. The van der Waals surface area contributed by atoms with Crippen molar-refractivity contribution in [2.24, 2.45) is 0 Å². The summed E-state index contributed by atoms with van der Waals surface area (Å²) >= 11 is 0. The van der Waals surface area contributed by atoms with Gasteiger partial charge in [0.05, 0.1) is 0 Å². The second-order valence-electron chi connectivity index (χ2n) is 5.54. The van der Waals surface area contributed by atoms with Crippen molar-refractivity contribution in [1.82, 2.24) is 14.8 Å². The Balaban J connectivity index is 1.86. The highest BCUT2D eigenvalue weighted by molar-refractivity contribution is 6.00. The van der Waals surface area contributed by atoms with Crippen LogP contribution in [-0.4, -0.2) is 53.4 Å². The van der Waals surface area contributed by atoms with Crippen LogP contribution in [0.4, 0.5) is 4.39 Å². The maximum Gasteiger partial charge on any atom is 0.270 e. The number of carbonyl (C=O) groups excluding carboxylic acids is 1. The van der Waals surface area contributed by atoms with Crippen LogP contribution in [0.2, 0.25) is 0 Å². The number of likely N-dealkylation sites (N-methyl/N-ethyl adjacent to an activating group) is 1. The summed E-state index contributed by atoms with van der Waals surface area (Å²) in [5.74, 6) is -0.279. The molecule has 21 heavy (non-hydrogen) atoms. The molecule has 0 atom stereocenters. The van der Waals surface area contributed by atoms with E-state index in [9.17, 15) is 9.18 Å². The van der Waals surface area contributed by atoms with Gasteiger partial charge in [0.2, 0.25) is 0 Å².